The first-order valence-electron chi connectivity index (χ1n) is 10.3. The zero-order valence-corrected chi connectivity index (χ0v) is 18.4. The highest BCUT2D eigenvalue weighted by Gasteiger charge is 2.22. The Bertz CT molecular complexity index is 1260. The number of hydrogen-bond donors (Lipinski definition) is 3. The van der Waals surface area contributed by atoms with Crippen LogP contribution < -0.4 is 5.32 Å². The predicted octanol–water partition coefficient (Wildman–Crippen LogP) is 3.37. The number of carbonyl (C=O) groups is 2. The summed E-state index contributed by atoms with van der Waals surface area (Å²) in [6, 6.07) is 21.9. The summed E-state index contributed by atoms with van der Waals surface area (Å²) in [6.45, 7) is -0.562. The summed E-state index contributed by atoms with van der Waals surface area (Å²) in [6.07, 6.45) is 2.14. The molecular formula is C24H22N4O4S. The number of pyridine rings is 1. The average molecular weight is 463 g/mol. The first-order chi connectivity index (χ1) is 16.0. The van der Waals surface area contributed by atoms with Crippen LogP contribution in [0.3, 0.4) is 0 Å². The van der Waals surface area contributed by atoms with Crippen molar-refractivity contribution in [1.82, 2.24) is 19.9 Å². The molecule has 9 heteroatoms. The van der Waals surface area contributed by atoms with E-state index in [9.17, 15) is 14.7 Å². The summed E-state index contributed by atoms with van der Waals surface area (Å²) in [5.74, 6) is -1.27. The Morgan fingerprint density at radius 2 is 1.76 bits per heavy atom. The molecule has 0 bridgehead atoms. The topological polar surface area (TPSA) is 117 Å². The molecule has 168 valence electrons. The Balaban J connectivity index is 1.60. The van der Waals surface area contributed by atoms with E-state index in [1.807, 2.05) is 36.4 Å². The van der Waals surface area contributed by atoms with Gasteiger partial charge in [0.2, 0.25) is 0 Å². The van der Waals surface area contributed by atoms with Gasteiger partial charge in [-0.3, -0.25) is 9.59 Å². The van der Waals surface area contributed by atoms with E-state index in [0.717, 1.165) is 6.42 Å². The lowest BCUT2D eigenvalue weighted by molar-refractivity contribution is -0.135. The molecule has 2 aromatic heterocycles. The van der Waals surface area contributed by atoms with E-state index >= 15 is 0 Å². The van der Waals surface area contributed by atoms with Crippen LogP contribution in [0.25, 0.3) is 5.65 Å². The fraction of sp³-hybridized carbons (Fsp3) is 0.167. The van der Waals surface area contributed by atoms with Crippen molar-refractivity contribution in [3.63, 3.8) is 0 Å². The summed E-state index contributed by atoms with van der Waals surface area (Å²) < 4.78 is 1.49. The maximum atomic E-state index is 12.4. The van der Waals surface area contributed by atoms with Gasteiger partial charge in [-0.1, -0.05) is 60.7 Å². The SMILES string of the molecule is O=C(O)CNC(=O)c1c(O)cc(SCC(Cc2ccccc2)c2ccccc2)n2ncnc12. The van der Waals surface area contributed by atoms with Crippen molar-refractivity contribution in [2.24, 2.45) is 0 Å². The minimum Gasteiger partial charge on any atom is -0.507 e. The van der Waals surface area contributed by atoms with Crippen LogP contribution >= 0.6 is 11.8 Å². The molecule has 0 aliphatic heterocycles. The third kappa shape index (κ3) is 5.32. The molecule has 1 atom stereocenters. The summed E-state index contributed by atoms with van der Waals surface area (Å²) in [5, 5.41) is 26.5. The zero-order valence-electron chi connectivity index (χ0n) is 17.6. The van der Waals surface area contributed by atoms with Gasteiger partial charge in [-0.15, -0.1) is 11.8 Å². The quantitative estimate of drug-likeness (QED) is 0.327. The van der Waals surface area contributed by atoms with Crippen LogP contribution in [0.2, 0.25) is 0 Å². The first-order valence-corrected chi connectivity index (χ1v) is 11.3. The zero-order chi connectivity index (χ0) is 23.2. The number of rotatable bonds is 9. The van der Waals surface area contributed by atoms with Crippen LogP contribution in [0.5, 0.6) is 5.75 Å². The Morgan fingerprint density at radius 1 is 1.06 bits per heavy atom. The van der Waals surface area contributed by atoms with E-state index in [4.69, 9.17) is 5.11 Å². The molecule has 0 aliphatic rings. The molecule has 4 aromatic rings. The normalized spacial score (nSPS) is 11.9. The number of carboxylic acid groups (broad SMARTS) is 1. The molecule has 1 unspecified atom stereocenters. The largest absolute Gasteiger partial charge is 0.507 e. The number of aromatic nitrogens is 3. The maximum Gasteiger partial charge on any atom is 0.322 e. The molecule has 3 N–H and O–H groups in total. The van der Waals surface area contributed by atoms with Gasteiger partial charge in [-0.05, 0) is 23.5 Å². The number of benzene rings is 2. The smallest absolute Gasteiger partial charge is 0.322 e. The van der Waals surface area contributed by atoms with E-state index in [0.29, 0.717) is 10.8 Å². The second-order valence-corrected chi connectivity index (χ2v) is 8.46. The molecule has 8 nitrogen and oxygen atoms in total. The van der Waals surface area contributed by atoms with E-state index in [1.165, 1.54) is 39.8 Å². The van der Waals surface area contributed by atoms with Crippen molar-refractivity contribution >= 4 is 29.3 Å². The molecule has 1 amide bonds. The Labute approximate surface area is 194 Å². The lowest BCUT2D eigenvalue weighted by Gasteiger charge is -2.18. The Morgan fingerprint density at radius 3 is 2.45 bits per heavy atom. The molecule has 4 rings (SSSR count). The number of thioether (sulfide) groups is 1. The fourth-order valence-corrected chi connectivity index (χ4v) is 4.72. The number of aliphatic carboxylic acids is 1. The third-order valence-corrected chi connectivity index (χ3v) is 6.31. The van der Waals surface area contributed by atoms with E-state index in [2.05, 4.69) is 39.7 Å². The lowest BCUT2D eigenvalue weighted by Crippen LogP contribution is -2.29. The van der Waals surface area contributed by atoms with Crippen LogP contribution in [0.15, 0.2) is 78.1 Å². The third-order valence-electron chi connectivity index (χ3n) is 5.15. The van der Waals surface area contributed by atoms with Gasteiger partial charge in [-0.25, -0.2) is 9.50 Å². The number of nitrogens with one attached hydrogen (secondary N) is 1. The molecule has 0 saturated heterocycles. The summed E-state index contributed by atoms with van der Waals surface area (Å²) >= 11 is 1.50. The number of aromatic hydroxyl groups is 1. The number of nitrogens with zero attached hydrogens (tertiary/aromatic N) is 3. The van der Waals surface area contributed by atoms with Gasteiger partial charge in [-0.2, -0.15) is 5.10 Å². The second kappa shape index (κ2) is 10.2. The first kappa shape index (κ1) is 22.3. The van der Waals surface area contributed by atoms with Crippen LogP contribution in [0, 0.1) is 0 Å². The van der Waals surface area contributed by atoms with Gasteiger partial charge in [0, 0.05) is 11.8 Å². The van der Waals surface area contributed by atoms with Crippen molar-refractivity contribution in [1.29, 1.82) is 0 Å². The second-order valence-electron chi connectivity index (χ2n) is 7.42. The number of fused-ring (bicyclic) bond motifs is 1. The molecular weight excluding hydrogens is 440 g/mol. The molecule has 0 spiro atoms. The van der Waals surface area contributed by atoms with E-state index in [-0.39, 0.29) is 22.9 Å². The number of amides is 1. The summed E-state index contributed by atoms with van der Waals surface area (Å²) in [5.41, 5.74) is 2.49. The number of carbonyl (C=O) groups excluding carboxylic acids is 1. The average Bonchev–Trinajstić information content (AvgIpc) is 3.31. The van der Waals surface area contributed by atoms with Gasteiger partial charge < -0.3 is 15.5 Å². The molecule has 0 radical (unpaired) electrons. The standard InChI is InChI=1S/C24H22N4O4S/c29-19-12-20(28-23(26-15-27-28)22(19)24(32)25-13-21(30)31)33-14-18(17-9-5-2-6-10-17)11-16-7-3-1-4-8-16/h1-10,12,15,18,29H,11,13-14H2,(H,25,32)(H,30,31). The monoisotopic (exact) mass is 462 g/mol. The number of carboxylic acids is 1. The van der Waals surface area contributed by atoms with Gasteiger partial charge in [0.15, 0.2) is 5.65 Å². The highest BCUT2D eigenvalue weighted by Crippen LogP contribution is 2.33. The van der Waals surface area contributed by atoms with Crippen LogP contribution in [0.4, 0.5) is 0 Å². The predicted molar refractivity (Wildman–Crippen MR) is 125 cm³/mol. The lowest BCUT2D eigenvalue weighted by atomic mass is 9.94. The highest BCUT2D eigenvalue weighted by atomic mass is 32.2. The van der Waals surface area contributed by atoms with Crippen molar-refractivity contribution in [3.8, 4) is 5.75 Å². The van der Waals surface area contributed by atoms with Crippen molar-refractivity contribution in [2.75, 3.05) is 12.3 Å². The van der Waals surface area contributed by atoms with Crippen LogP contribution in [-0.2, 0) is 11.2 Å². The molecule has 2 aromatic carbocycles. The summed E-state index contributed by atoms with van der Waals surface area (Å²) in [7, 11) is 0. The molecule has 0 saturated carbocycles. The number of hydrogen-bond acceptors (Lipinski definition) is 6. The van der Waals surface area contributed by atoms with Crippen molar-refractivity contribution < 1.29 is 19.8 Å². The fourth-order valence-electron chi connectivity index (χ4n) is 3.59. The van der Waals surface area contributed by atoms with Gasteiger partial charge in [0.1, 0.15) is 29.2 Å². The Kier molecular flexibility index (Phi) is 6.89. The molecule has 2 heterocycles. The van der Waals surface area contributed by atoms with Gasteiger partial charge >= 0.3 is 5.97 Å². The molecule has 33 heavy (non-hydrogen) atoms. The highest BCUT2D eigenvalue weighted by molar-refractivity contribution is 7.99. The minimum absolute atomic E-state index is 0.109. The van der Waals surface area contributed by atoms with Gasteiger partial charge in [0.25, 0.3) is 5.91 Å². The van der Waals surface area contributed by atoms with E-state index < -0.39 is 18.4 Å². The molecule has 0 fully saturated rings. The van der Waals surface area contributed by atoms with Crippen molar-refractivity contribution in [3.05, 3.63) is 89.7 Å². The van der Waals surface area contributed by atoms with Crippen LogP contribution in [-0.4, -0.2) is 49.0 Å². The summed E-state index contributed by atoms with van der Waals surface area (Å²) in [4.78, 5) is 27.3. The van der Waals surface area contributed by atoms with Crippen LogP contribution in [0.1, 0.15) is 27.4 Å². The molecule has 0 aliphatic carbocycles. The maximum absolute atomic E-state index is 12.4. The Hall–Kier alpha value is -3.85. The van der Waals surface area contributed by atoms with Gasteiger partial charge in [0.05, 0.1) is 0 Å². The van der Waals surface area contributed by atoms with Crippen molar-refractivity contribution in [2.45, 2.75) is 17.4 Å². The minimum atomic E-state index is -1.18. The van der Waals surface area contributed by atoms with E-state index in [1.54, 1.807) is 0 Å².